The number of likely N-dealkylation sites (tertiary alicyclic amines) is 1. The van der Waals surface area contributed by atoms with Crippen LogP contribution in [0.4, 0.5) is 10.6 Å². The van der Waals surface area contributed by atoms with Crippen molar-refractivity contribution >= 4 is 11.8 Å². The van der Waals surface area contributed by atoms with Crippen LogP contribution >= 0.6 is 0 Å². The number of carbonyl (C=O) groups is 1. The highest BCUT2D eigenvalue weighted by atomic mass is 16.5. The smallest absolute Gasteiger partial charge is 0.323 e. The second-order valence-electron chi connectivity index (χ2n) is 7.02. The standard InChI is InChI=1S/C15H23N3O2/c1-15(2,3)12-8-13(17-20-12)16-14(19)18-9-10-6-4-5-7-11(10)18/h8,10-11H,4-7,9H2,1-3H3,(H,16,17,19)/t10-,11-/m0/s1. The monoisotopic (exact) mass is 277 g/mol. The van der Waals surface area contributed by atoms with Crippen molar-refractivity contribution in [2.24, 2.45) is 5.92 Å². The third kappa shape index (κ3) is 2.41. The minimum absolute atomic E-state index is 0.0399. The Balaban J connectivity index is 1.61. The van der Waals surface area contributed by atoms with Gasteiger partial charge in [0.15, 0.2) is 5.82 Å². The average Bonchev–Trinajstić information content (AvgIpc) is 2.79. The summed E-state index contributed by atoms with van der Waals surface area (Å²) < 4.78 is 5.28. The van der Waals surface area contributed by atoms with Crippen molar-refractivity contribution in [3.05, 3.63) is 11.8 Å². The second kappa shape index (κ2) is 4.79. The number of carbonyl (C=O) groups excluding carboxylic acids is 1. The maximum atomic E-state index is 12.2. The number of urea groups is 1. The zero-order valence-corrected chi connectivity index (χ0v) is 12.5. The number of anilines is 1. The van der Waals surface area contributed by atoms with E-state index in [-0.39, 0.29) is 11.4 Å². The van der Waals surface area contributed by atoms with Gasteiger partial charge in [-0.25, -0.2) is 4.79 Å². The van der Waals surface area contributed by atoms with E-state index in [4.69, 9.17) is 4.52 Å². The summed E-state index contributed by atoms with van der Waals surface area (Å²) >= 11 is 0. The van der Waals surface area contributed by atoms with Crippen LogP contribution in [0.3, 0.4) is 0 Å². The first-order chi connectivity index (χ1) is 9.45. The van der Waals surface area contributed by atoms with E-state index in [1.807, 2.05) is 11.0 Å². The molecule has 1 saturated carbocycles. The molecule has 1 aliphatic carbocycles. The topological polar surface area (TPSA) is 58.4 Å². The van der Waals surface area contributed by atoms with Gasteiger partial charge in [0.05, 0.1) is 0 Å². The molecule has 20 heavy (non-hydrogen) atoms. The molecular formula is C15H23N3O2. The van der Waals surface area contributed by atoms with Gasteiger partial charge in [-0.15, -0.1) is 0 Å². The molecule has 1 saturated heterocycles. The molecule has 3 rings (SSSR count). The zero-order valence-electron chi connectivity index (χ0n) is 12.5. The van der Waals surface area contributed by atoms with Gasteiger partial charge >= 0.3 is 6.03 Å². The molecule has 5 heteroatoms. The SMILES string of the molecule is CC(C)(C)c1cc(NC(=O)N2C[C@@H]3CCCC[C@@H]32)no1. The number of amides is 2. The van der Waals surface area contributed by atoms with Crippen LogP contribution in [0.15, 0.2) is 10.6 Å². The van der Waals surface area contributed by atoms with Crippen molar-refractivity contribution in [1.29, 1.82) is 0 Å². The molecule has 0 aromatic carbocycles. The summed E-state index contributed by atoms with van der Waals surface area (Å²) in [5, 5.41) is 6.79. The minimum atomic E-state index is -0.0960. The van der Waals surface area contributed by atoms with Crippen molar-refractivity contribution in [2.75, 3.05) is 11.9 Å². The largest absolute Gasteiger partial charge is 0.359 e. The molecule has 2 heterocycles. The Hall–Kier alpha value is -1.52. The Morgan fingerprint density at radius 2 is 2.15 bits per heavy atom. The van der Waals surface area contributed by atoms with Crippen LogP contribution in [0.1, 0.15) is 52.2 Å². The van der Waals surface area contributed by atoms with Gasteiger partial charge in [0.25, 0.3) is 0 Å². The average molecular weight is 277 g/mol. The second-order valence-corrected chi connectivity index (χ2v) is 7.02. The highest BCUT2D eigenvalue weighted by Gasteiger charge is 2.42. The fourth-order valence-electron chi connectivity index (χ4n) is 3.16. The predicted molar refractivity (Wildman–Crippen MR) is 76.7 cm³/mol. The zero-order chi connectivity index (χ0) is 14.3. The number of hydrogen-bond donors (Lipinski definition) is 1. The first-order valence-corrected chi connectivity index (χ1v) is 7.50. The fourth-order valence-corrected chi connectivity index (χ4v) is 3.16. The van der Waals surface area contributed by atoms with Crippen molar-refractivity contribution in [3.8, 4) is 0 Å². The Morgan fingerprint density at radius 1 is 1.40 bits per heavy atom. The first-order valence-electron chi connectivity index (χ1n) is 7.50. The van der Waals surface area contributed by atoms with Crippen LogP contribution in [0.25, 0.3) is 0 Å². The van der Waals surface area contributed by atoms with E-state index in [2.05, 4.69) is 31.2 Å². The molecule has 1 aromatic rings. The maximum absolute atomic E-state index is 12.2. The molecule has 2 amide bonds. The molecule has 5 nitrogen and oxygen atoms in total. The van der Waals surface area contributed by atoms with Crippen molar-refractivity contribution in [3.63, 3.8) is 0 Å². The lowest BCUT2D eigenvalue weighted by Crippen LogP contribution is -2.60. The minimum Gasteiger partial charge on any atom is -0.359 e. The molecule has 1 aliphatic heterocycles. The van der Waals surface area contributed by atoms with Crippen LogP contribution in [0, 0.1) is 5.92 Å². The number of hydrogen-bond acceptors (Lipinski definition) is 3. The lowest BCUT2D eigenvalue weighted by molar-refractivity contribution is 0.0255. The third-order valence-electron chi connectivity index (χ3n) is 4.45. The summed E-state index contributed by atoms with van der Waals surface area (Å²) in [7, 11) is 0. The first kappa shape index (κ1) is 13.5. The Kier molecular flexibility index (Phi) is 3.22. The Labute approximate surface area is 119 Å². The maximum Gasteiger partial charge on any atom is 0.323 e. The molecule has 2 aliphatic rings. The summed E-state index contributed by atoms with van der Waals surface area (Å²) in [5.74, 6) is 2.02. The van der Waals surface area contributed by atoms with E-state index in [1.165, 1.54) is 19.3 Å². The molecule has 0 spiro atoms. The third-order valence-corrected chi connectivity index (χ3v) is 4.45. The molecule has 0 unspecified atom stereocenters. The molecule has 0 radical (unpaired) electrons. The predicted octanol–water partition coefficient (Wildman–Crippen LogP) is 3.38. The van der Waals surface area contributed by atoms with Gasteiger partial charge in [-0.1, -0.05) is 38.8 Å². The number of nitrogens with one attached hydrogen (secondary N) is 1. The number of fused-ring (bicyclic) bond motifs is 1. The summed E-state index contributed by atoms with van der Waals surface area (Å²) in [4.78, 5) is 14.2. The highest BCUT2D eigenvalue weighted by Crippen LogP contribution is 2.37. The lowest BCUT2D eigenvalue weighted by atomic mass is 9.77. The van der Waals surface area contributed by atoms with Crippen LogP contribution in [-0.2, 0) is 5.41 Å². The number of rotatable bonds is 1. The lowest BCUT2D eigenvalue weighted by Gasteiger charge is -2.50. The van der Waals surface area contributed by atoms with Crippen molar-refractivity contribution < 1.29 is 9.32 Å². The quantitative estimate of drug-likeness (QED) is 0.856. The summed E-state index contributed by atoms with van der Waals surface area (Å²) in [5.41, 5.74) is -0.0960. The van der Waals surface area contributed by atoms with Crippen molar-refractivity contribution in [1.82, 2.24) is 10.1 Å². The molecule has 2 fully saturated rings. The van der Waals surface area contributed by atoms with Gasteiger partial charge in [-0.2, -0.15) is 0 Å². The molecule has 2 atom stereocenters. The summed E-state index contributed by atoms with van der Waals surface area (Å²) in [6.45, 7) is 7.06. The van der Waals surface area contributed by atoms with E-state index in [9.17, 15) is 4.79 Å². The normalized spacial score (nSPS) is 25.9. The van der Waals surface area contributed by atoms with Gasteiger partial charge in [0, 0.05) is 24.1 Å². The Morgan fingerprint density at radius 3 is 2.80 bits per heavy atom. The van der Waals surface area contributed by atoms with E-state index in [0.29, 0.717) is 11.9 Å². The van der Waals surface area contributed by atoms with E-state index in [0.717, 1.165) is 24.6 Å². The highest BCUT2D eigenvalue weighted by molar-refractivity contribution is 5.89. The van der Waals surface area contributed by atoms with Gasteiger partial charge in [-0.05, 0) is 18.8 Å². The van der Waals surface area contributed by atoms with Gasteiger partial charge < -0.3 is 9.42 Å². The molecular weight excluding hydrogens is 254 g/mol. The number of nitrogens with zero attached hydrogens (tertiary/aromatic N) is 2. The summed E-state index contributed by atoms with van der Waals surface area (Å²) in [6.07, 6.45) is 4.97. The van der Waals surface area contributed by atoms with Crippen LogP contribution < -0.4 is 5.32 Å². The molecule has 1 N–H and O–H groups in total. The van der Waals surface area contributed by atoms with Gasteiger partial charge in [-0.3, -0.25) is 5.32 Å². The van der Waals surface area contributed by atoms with E-state index in [1.54, 1.807) is 0 Å². The number of aromatic nitrogens is 1. The van der Waals surface area contributed by atoms with Crippen LogP contribution in [-0.4, -0.2) is 28.7 Å². The summed E-state index contributed by atoms with van der Waals surface area (Å²) in [6, 6.07) is 2.22. The van der Waals surface area contributed by atoms with Crippen molar-refractivity contribution in [2.45, 2.75) is 57.9 Å². The van der Waals surface area contributed by atoms with Gasteiger partial charge in [0.2, 0.25) is 0 Å². The van der Waals surface area contributed by atoms with E-state index >= 15 is 0 Å². The molecule has 110 valence electrons. The van der Waals surface area contributed by atoms with Crippen LogP contribution in [0.2, 0.25) is 0 Å². The van der Waals surface area contributed by atoms with Gasteiger partial charge in [0.1, 0.15) is 5.76 Å². The fraction of sp³-hybridized carbons (Fsp3) is 0.733. The molecule has 0 bridgehead atoms. The molecule has 1 aromatic heterocycles. The Bertz CT molecular complexity index is 503. The van der Waals surface area contributed by atoms with E-state index < -0.39 is 0 Å². The van der Waals surface area contributed by atoms with Crippen LogP contribution in [0.5, 0.6) is 0 Å².